The highest BCUT2D eigenvalue weighted by Gasteiger charge is 2.11. The van der Waals surface area contributed by atoms with Crippen LogP contribution in [0.2, 0.25) is 4.34 Å². The SMILES string of the molecule is Cc1cc(C)c(C(N)=S)c(NCc2ccc(Cl)s2)n1. The van der Waals surface area contributed by atoms with E-state index in [4.69, 9.17) is 29.6 Å². The summed E-state index contributed by atoms with van der Waals surface area (Å²) in [6.45, 7) is 4.59. The second kappa shape index (κ2) is 5.86. The van der Waals surface area contributed by atoms with Gasteiger partial charge in [-0.25, -0.2) is 4.98 Å². The van der Waals surface area contributed by atoms with Crippen LogP contribution in [-0.2, 0) is 6.54 Å². The molecule has 0 saturated heterocycles. The molecule has 6 heteroatoms. The fraction of sp³-hybridized carbons (Fsp3) is 0.231. The Kier molecular flexibility index (Phi) is 4.39. The Balaban J connectivity index is 2.26. The highest BCUT2D eigenvalue weighted by atomic mass is 35.5. The summed E-state index contributed by atoms with van der Waals surface area (Å²) in [4.78, 5) is 5.97. The molecule has 0 spiro atoms. The van der Waals surface area contributed by atoms with Gasteiger partial charge in [0.1, 0.15) is 10.8 Å². The number of halogens is 1. The zero-order chi connectivity index (χ0) is 14.0. The van der Waals surface area contributed by atoms with Crippen LogP contribution >= 0.6 is 35.2 Å². The minimum Gasteiger partial charge on any atom is -0.389 e. The lowest BCUT2D eigenvalue weighted by Crippen LogP contribution is -2.16. The number of hydrogen-bond donors (Lipinski definition) is 2. The molecule has 3 nitrogen and oxygen atoms in total. The number of nitrogens with two attached hydrogens (primary N) is 1. The van der Waals surface area contributed by atoms with Gasteiger partial charge in [-0.2, -0.15) is 0 Å². The quantitative estimate of drug-likeness (QED) is 0.846. The van der Waals surface area contributed by atoms with E-state index in [1.807, 2.05) is 32.0 Å². The van der Waals surface area contributed by atoms with Gasteiger partial charge in [0.25, 0.3) is 0 Å². The molecule has 2 rings (SSSR count). The lowest BCUT2D eigenvalue weighted by atomic mass is 10.1. The Morgan fingerprint density at radius 2 is 2.21 bits per heavy atom. The summed E-state index contributed by atoms with van der Waals surface area (Å²) in [5, 5.41) is 3.28. The van der Waals surface area contributed by atoms with Crippen LogP contribution in [0.25, 0.3) is 0 Å². The number of thiocarbonyl (C=S) groups is 1. The fourth-order valence-corrected chi connectivity index (χ4v) is 3.18. The van der Waals surface area contributed by atoms with Gasteiger partial charge < -0.3 is 11.1 Å². The van der Waals surface area contributed by atoms with Crippen LogP contribution in [0.15, 0.2) is 18.2 Å². The zero-order valence-electron chi connectivity index (χ0n) is 10.7. The van der Waals surface area contributed by atoms with E-state index in [2.05, 4.69) is 10.3 Å². The number of pyridine rings is 1. The maximum absolute atomic E-state index is 5.91. The average Bonchev–Trinajstić information content (AvgIpc) is 2.71. The summed E-state index contributed by atoms with van der Waals surface area (Å²) in [7, 11) is 0. The van der Waals surface area contributed by atoms with Crippen LogP contribution in [0.1, 0.15) is 21.7 Å². The normalized spacial score (nSPS) is 10.5. The number of rotatable bonds is 4. The van der Waals surface area contributed by atoms with Crippen molar-refractivity contribution in [3.8, 4) is 0 Å². The molecule has 0 bridgehead atoms. The van der Waals surface area contributed by atoms with E-state index in [1.165, 1.54) is 0 Å². The van der Waals surface area contributed by atoms with Crippen molar-refractivity contribution in [1.82, 2.24) is 4.98 Å². The van der Waals surface area contributed by atoms with Gasteiger partial charge in [-0.3, -0.25) is 0 Å². The molecule has 19 heavy (non-hydrogen) atoms. The van der Waals surface area contributed by atoms with Crippen LogP contribution < -0.4 is 11.1 Å². The summed E-state index contributed by atoms with van der Waals surface area (Å²) >= 11 is 12.5. The maximum atomic E-state index is 5.91. The first-order valence-electron chi connectivity index (χ1n) is 5.73. The fourth-order valence-electron chi connectivity index (χ4n) is 1.89. The molecular formula is C13H14ClN3S2. The predicted molar refractivity (Wildman–Crippen MR) is 86.3 cm³/mol. The molecule has 0 aliphatic carbocycles. The van der Waals surface area contributed by atoms with Crippen molar-refractivity contribution in [2.45, 2.75) is 20.4 Å². The number of nitrogens with zero attached hydrogens (tertiary/aromatic N) is 1. The van der Waals surface area contributed by atoms with E-state index >= 15 is 0 Å². The van der Waals surface area contributed by atoms with E-state index in [0.29, 0.717) is 11.5 Å². The summed E-state index contributed by atoms with van der Waals surface area (Å²) in [6, 6.07) is 5.84. The molecule has 2 aromatic heterocycles. The van der Waals surface area contributed by atoms with E-state index in [-0.39, 0.29) is 0 Å². The molecule has 0 fully saturated rings. The first kappa shape index (κ1) is 14.2. The van der Waals surface area contributed by atoms with Gasteiger partial charge in [-0.1, -0.05) is 23.8 Å². The van der Waals surface area contributed by atoms with Gasteiger partial charge in [0, 0.05) is 10.6 Å². The predicted octanol–water partition coefficient (Wildman–Crippen LogP) is 3.66. The van der Waals surface area contributed by atoms with Gasteiger partial charge >= 0.3 is 0 Å². The van der Waals surface area contributed by atoms with E-state index in [0.717, 1.165) is 31.9 Å². The molecular weight excluding hydrogens is 298 g/mol. The molecule has 3 N–H and O–H groups in total. The molecule has 2 aromatic rings. The first-order valence-corrected chi connectivity index (χ1v) is 7.34. The maximum Gasteiger partial charge on any atom is 0.137 e. The zero-order valence-corrected chi connectivity index (χ0v) is 13.0. The molecule has 0 radical (unpaired) electrons. The smallest absolute Gasteiger partial charge is 0.137 e. The third-order valence-corrected chi connectivity index (χ3v) is 4.09. The second-order valence-electron chi connectivity index (χ2n) is 4.23. The summed E-state index contributed by atoms with van der Waals surface area (Å²) in [5.41, 5.74) is 8.55. The third kappa shape index (κ3) is 3.43. The van der Waals surface area contributed by atoms with Crippen LogP contribution in [0.5, 0.6) is 0 Å². The molecule has 2 heterocycles. The number of thiophene rings is 1. The van der Waals surface area contributed by atoms with E-state index < -0.39 is 0 Å². The topological polar surface area (TPSA) is 50.9 Å². The highest BCUT2D eigenvalue weighted by Crippen LogP contribution is 2.24. The van der Waals surface area contributed by atoms with Crippen molar-refractivity contribution in [1.29, 1.82) is 0 Å². The van der Waals surface area contributed by atoms with Crippen molar-refractivity contribution in [2.75, 3.05) is 5.32 Å². The standard InChI is InChI=1S/C13H14ClN3S2/c1-7-5-8(2)17-13(11(7)12(15)18)16-6-9-3-4-10(14)19-9/h3-5H,6H2,1-2H3,(H2,15,18)(H,16,17). The average molecular weight is 312 g/mol. The number of aryl methyl sites for hydroxylation is 2. The van der Waals surface area contributed by atoms with Crippen molar-refractivity contribution in [2.24, 2.45) is 5.73 Å². The van der Waals surface area contributed by atoms with E-state index in [9.17, 15) is 0 Å². The number of hydrogen-bond acceptors (Lipinski definition) is 4. The van der Waals surface area contributed by atoms with Crippen molar-refractivity contribution < 1.29 is 0 Å². The van der Waals surface area contributed by atoms with Crippen LogP contribution in [0.3, 0.4) is 0 Å². The molecule has 0 saturated carbocycles. The molecule has 100 valence electrons. The largest absolute Gasteiger partial charge is 0.389 e. The monoisotopic (exact) mass is 311 g/mol. The van der Waals surface area contributed by atoms with Gasteiger partial charge in [-0.05, 0) is 37.6 Å². The Bertz CT molecular complexity index is 622. The molecule has 0 aromatic carbocycles. The third-order valence-electron chi connectivity index (χ3n) is 2.65. The highest BCUT2D eigenvalue weighted by molar-refractivity contribution is 7.80. The minimum atomic E-state index is 0.358. The molecule has 0 amide bonds. The molecule has 0 atom stereocenters. The minimum absolute atomic E-state index is 0.358. The molecule has 0 unspecified atom stereocenters. The van der Waals surface area contributed by atoms with Crippen LogP contribution in [0.4, 0.5) is 5.82 Å². The van der Waals surface area contributed by atoms with Crippen molar-refractivity contribution in [3.63, 3.8) is 0 Å². The Morgan fingerprint density at radius 3 is 2.79 bits per heavy atom. The van der Waals surface area contributed by atoms with E-state index in [1.54, 1.807) is 11.3 Å². The Morgan fingerprint density at radius 1 is 1.47 bits per heavy atom. The number of nitrogens with one attached hydrogen (secondary N) is 1. The lowest BCUT2D eigenvalue weighted by Gasteiger charge is -2.13. The molecule has 0 aliphatic rings. The van der Waals surface area contributed by atoms with Crippen molar-refractivity contribution >= 4 is 46.0 Å². The molecule has 0 aliphatic heterocycles. The Hall–Kier alpha value is -1.17. The number of anilines is 1. The van der Waals surface area contributed by atoms with Gasteiger partial charge in [0.2, 0.25) is 0 Å². The second-order valence-corrected chi connectivity index (χ2v) is 6.47. The first-order chi connectivity index (χ1) is 8.97. The summed E-state index contributed by atoms with van der Waals surface area (Å²) in [6.07, 6.45) is 0. The van der Waals surface area contributed by atoms with Gasteiger partial charge in [0.15, 0.2) is 0 Å². The lowest BCUT2D eigenvalue weighted by molar-refractivity contribution is 1.09. The Labute approximate surface area is 126 Å². The van der Waals surface area contributed by atoms with Crippen LogP contribution in [0, 0.1) is 13.8 Å². The van der Waals surface area contributed by atoms with Gasteiger partial charge in [0.05, 0.1) is 16.4 Å². The van der Waals surface area contributed by atoms with Crippen molar-refractivity contribution in [3.05, 3.63) is 44.2 Å². The van der Waals surface area contributed by atoms with Gasteiger partial charge in [-0.15, -0.1) is 11.3 Å². The summed E-state index contributed by atoms with van der Waals surface area (Å²) < 4.78 is 0.778. The summed E-state index contributed by atoms with van der Waals surface area (Å²) in [5.74, 6) is 0.731. The van der Waals surface area contributed by atoms with Crippen LogP contribution in [-0.4, -0.2) is 9.97 Å². The number of aromatic nitrogens is 1.